The van der Waals surface area contributed by atoms with Crippen molar-refractivity contribution in [3.63, 3.8) is 0 Å². The first-order chi connectivity index (χ1) is 13.9. The highest BCUT2D eigenvalue weighted by molar-refractivity contribution is 5.77. The van der Waals surface area contributed by atoms with E-state index in [-0.39, 0.29) is 11.2 Å². The molecule has 1 aliphatic heterocycles. The molecule has 0 spiro atoms. The molecule has 1 aliphatic rings. The van der Waals surface area contributed by atoms with E-state index < -0.39 is 0 Å². The van der Waals surface area contributed by atoms with Gasteiger partial charge in [0.25, 0.3) is 0 Å². The van der Waals surface area contributed by atoms with Gasteiger partial charge < -0.3 is 14.6 Å². The fourth-order valence-electron chi connectivity index (χ4n) is 4.00. The molecule has 1 aromatic heterocycles. The van der Waals surface area contributed by atoms with Crippen molar-refractivity contribution in [2.45, 2.75) is 58.8 Å². The summed E-state index contributed by atoms with van der Waals surface area (Å²) in [5.41, 5.74) is 2.90. The Kier molecular flexibility index (Phi) is 7.17. The standard InChI is InChI=1S/C23H35N3O3/c1-23(2)11-15-26(21(27)17-23)14-7-6-13-24-12-5-4-8-18-9-10-19-20(16-18)29-22(28)25(19)3/h9-10,16,24H,4-8,11-15,17H2,1-3H3. The number of likely N-dealkylation sites (tertiary alicyclic amines) is 1. The summed E-state index contributed by atoms with van der Waals surface area (Å²) in [7, 11) is 1.73. The normalized spacial score (nSPS) is 16.7. The lowest BCUT2D eigenvalue weighted by atomic mass is 9.82. The molecule has 0 bridgehead atoms. The predicted molar refractivity (Wildman–Crippen MR) is 116 cm³/mol. The van der Waals surface area contributed by atoms with Gasteiger partial charge in [0.15, 0.2) is 5.58 Å². The summed E-state index contributed by atoms with van der Waals surface area (Å²) in [5, 5.41) is 3.51. The average molecular weight is 402 g/mol. The molecular formula is C23H35N3O3. The topological polar surface area (TPSA) is 67.5 Å². The number of amides is 1. The molecular weight excluding hydrogens is 366 g/mol. The van der Waals surface area contributed by atoms with Crippen molar-refractivity contribution in [3.05, 3.63) is 34.3 Å². The van der Waals surface area contributed by atoms with E-state index in [4.69, 9.17) is 4.42 Å². The molecule has 0 atom stereocenters. The molecule has 1 fully saturated rings. The minimum absolute atomic E-state index is 0.176. The third-order valence-corrected chi connectivity index (χ3v) is 6.00. The highest BCUT2D eigenvalue weighted by Gasteiger charge is 2.30. The van der Waals surface area contributed by atoms with Gasteiger partial charge in [0.1, 0.15) is 0 Å². The molecule has 0 radical (unpaired) electrons. The number of nitrogens with one attached hydrogen (secondary N) is 1. The fraction of sp³-hybridized carbons (Fsp3) is 0.652. The number of hydrogen-bond acceptors (Lipinski definition) is 4. The van der Waals surface area contributed by atoms with Crippen LogP contribution in [-0.4, -0.2) is 41.6 Å². The van der Waals surface area contributed by atoms with Gasteiger partial charge in [0.05, 0.1) is 5.52 Å². The van der Waals surface area contributed by atoms with Gasteiger partial charge >= 0.3 is 5.76 Å². The van der Waals surface area contributed by atoms with Crippen LogP contribution in [-0.2, 0) is 18.3 Å². The van der Waals surface area contributed by atoms with Crippen LogP contribution in [0.4, 0.5) is 0 Å². The summed E-state index contributed by atoms with van der Waals surface area (Å²) in [4.78, 5) is 25.7. The van der Waals surface area contributed by atoms with Gasteiger partial charge in [0.2, 0.25) is 5.91 Å². The number of fused-ring (bicyclic) bond motifs is 1. The molecule has 1 aromatic carbocycles. The Morgan fingerprint density at radius 1 is 1.10 bits per heavy atom. The Labute approximate surface area is 173 Å². The Bertz CT molecular complexity index is 881. The number of nitrogens with zero attached hydrogens (tertiary/aromatic N) is 2. The van der Waals surface area contributed by atoms with E-state index in [0.29, 0.717) is 17.9 Å². The lowest BCUT2D eigenvalue weighted by molar-refractivity contribution is -0.137. The van der Waals surface area contributed by atoms with Crippen LogP contribution in [0.2, 0.25) is 0 Å². The van der Waals surface area contributed by atoms with Crippen LogP contribution >= 0.6 is 0 Å². The molecule has 1 amide bonds. The van der Waals surface area contributed by atoms with Gasteiger partial charge in [0, 0.05) is 26.6 Å². The minimum Gasteiger partial charge on any atom is -0.408 e. The van der Waals surface area contributed by atoms with Crippen LogP contribution in [0.15, 0.2) is 27.4 Å². The maximum Gasteiger partial charge on any atom is 0.419 e. The molecule has 1 saturated heterocycles. The zero-order valence-electron chi connectivity index (χ0n) is 18.1. The number of carbonyl (C=O) groups excluding carboxylic acids is 1. The third-order valence-electron chi connectivity index (χ3n) is 6.00. The first-order valence-electron chi connectivity index (χ1n) is 10.9. The van der Waals surface area contributed by atoms with Crippen LogP contribution in [0.5, 0.6) is 0 Å². The summed E-state index contributed by atoms with van der Waals surface area (Å²) in [6.07, 6.45) is 7.20. The Hall–Kier alpha value is -2.08. The van der Waals surface area contributed by atoms with Crippen molar-refractivity contribution < 1.29 is 9.21 Å². The number of rotatable bonds is 10. The molecule has 6 heteroatoms. The Morgan fingerprint density at radius 2 is 1.86 bits per heavy atom. The van der Waals surface area contributed by atoms with Crippen molar-refractivity contribution in [2.75, 3.05) is 26.2 Å². The molecule has 6 nitrogen and oxygen atoms in total. The Balaban J connectivity index is 1.24. The SMILES string of the molecule is Cn1c(=O)oc2cc(CCCCNCCCCN3CCC(C)(C)CC3=O)ccc21. The first-order valence-corrected chi connectivity index (χ1v) is 10.9. The lowest BCUT2D eigenvalue weighted by Gasteiger charge is -2.36. The van der Waals surface area contributed by atoms with Crippen molar-refractivity contribution in [1.82, 2.24) is 14.8 Å². The highest BCUT2D eigenvalue weighted by atomic mass is 16.4. The highest BCUT2D eigenvalue weighted by Crippen LogP contribution is 2.30. The first kappa shape index (κ1) is 21.6. The number of aryl methyl sites for hydroxylation is 2. The smallest absolute Gasteiger partial charge is 0.408 e. The number of oxazole rings is 1. The summed E-state index contributed by atoms with van der Waals surface area (Å²) in [6.45, 7) is 8.20. The second-order valence-electron chi connectivity index (χ2n) is 9.12. The summed E-state index contributed by atoms with van der Waals surface area (Å²) >= 11 is 0. The number of unbranched alkanes of at least 4 members (excludes halogenated alkanes) is 2. The van der Waals surface area contributed by atoms with Gasteiger partial charge in [-0.1, -0.05) is 19.9 Å². The van der Waals surface area contributed by atoms with Crippen molar-refractivity contribution in [1.29, 1.82) is 0 Å². The second-order valence-corrected chi connectivity index (χ2v) is 9.12. The zero-order chi connectivity index (χ0) is 20.9. The van der Waals surface area contributed by atoms with E-state index in [1.807, 2.05) is 17.0 Å². The monoisotopic (exact) mass is 401 g/mol. The van der Waals surface area contributed by atoms with Crippen LogP contribution < -0.4 is 11.1 Å². The summed E-state index contributed by atoms with van der Waals surface area (Å²) in [5.74, 6) is 0.0111. The van der Waals surface area contributed by atoms with Gasteiger partial charge in [-0.3, -0.25) is 9.36 Å². The Morgan fingerprint density at radius 3 is 2.62 bits per heavy atom. The molecule has 2 heterocycles. The predicted octanol–water partition coefficient (Wildman–Crippen LogP) is 3.47. The number of carbonyl (C=O) groups is 1. The maximum absolute atomic E-state index is 12.1. The number of hydrogen-bond donors (Lipinski definition) is 1. The third kappa shape index (κ3) is 5.95. The van der Waals surface area contributed by atoms with Crippen LogP contribution in [0.25, 0.3) is 11.1 Å². The maximum atomic E-state index is 12.1. The summed E-state index contributed by atoms with van der Waals surface area (Å²) in [6, 6.07) is 6.02. The largest absolute Gasteiger partial charge is 0.419 e. The van der Waals surface area contributed by atoms with Gasteiger partial charge in [-0.05, 0) is 74.7 Å². The van der Waals surface area contributed by atoms with E-state index in [9.17, 15) is 9.59 Å². The zero-order valence-corrected chi connectivity index (χ0v) is 18.1. The fourth-order valence-corrected chi connectivity index (χ4v) is 4.00. The quantitative estimate of drug-likeness (QED) is 0.619. The lowest BCUT2D eigenvalue weighted by Crippen LogP contribution is -2.42. The summed E-state index contributed by atoms with van der Waals surface area (Å²) < 4.78 is 6.79. The second kappa shape index (κ2) is 9.61. The van der Waals surface area contributed by atoms with E-state index in [1.54, 1.807) is 7.05 Å². The number of piperidine rings is 1. The van der Waals surface area contributed by atoms with E-state index in [1.165, 1.54) is 10.1 Å². The molecule has 0 saturated carbocycles. The molecule has 29 heavy (non-hydrogen) atoms. The molecule has 2 aromatic rings. The van der Waals surface area contributed by atoms with E-state index in [0.717, 1.165) is 70.2 Å². The van der Waals surface area contributed by atoms with Gasteiger partial charge in [-0.2, -0.15) is 0 Å². The van der Waals surface area contributed by atoms with E-state index >= 15 is 0 Å². The van der Waals surface area contributed by atoms with Crippen molar-refractivity contribution in [3.8, 4) is 0 Å². The van der Waals surface area contributed by atoms with Gasteiger partial charge in [-0.15, -0.1) is 0 Å². The molecule has 0 unspecified atom stereocenters. The number of benzene rings is 1. The minimum atomic E-state index is -0.310. The van der Waals surface area contributed by atoms with E-state index in [2.05, 4.69) is 25.2 Å². The molecule has 3 rings (SSSR count). The number of aromatic nitrogens is 1. The molecule has 1 N–H and O–H groups in total. The van der Waals surface area contributed by atoms with Crippen LogP contribution in [0, 0.1) is 5.41 Å². The van der Waals surface area contributed by atoms with Crippen molar-refractivity contribution in [2.24, 2.45) is 12.5 Å². The van der Waals surface area contributed by atoms with Crippen LogP contribution in [0.1, 0.15) is 57.9 Å². The van der Waals surface area contributed by atoms with Crippen LogP contribution in [0.3, 0.4) is 0 Å². The van der Waals surface area contributed by atoms with Gasteiger partial charge in [-0.25, -0.2) is 4.79 Å². The molecule has 0 aliphatic carbocycles. The molecule has 160 valence electrons. The van der Waals surface area contributed by atoms with Crippen molar-refractivity contribution >= 4 is 17.0 Å². The average Bonchev–Trinajstić information content (AvgIpc) is 2.95.